The van der Waals surface area contributed by atoms with E-state index in [1.165, 1.54) is 54.2 Å². The first-order valence-corrected chi connectivity index (χ1v) is 19.5. The molecule has 2 heterocycles. The monoisotopic (exact) mass is 719 g/mol. The summed E-state index contributed by atoms with van der Waals surface area (Å²) in [6.45, 7) is 6.14. The van der Waals surface area contributed by atoms with E-state index in [1.807, 2.05) is 23.9 Å². The summed E-state index contributed by atoms with van der Waals surface area (Å²) < 4.78 is 2.37. The van der Waals surface area contributed by atoms with Crippen LogP contribution in [0.4, 0.5) is 0 Å². The minimum absolute atomic E-state index is 0.620. The van der Waals surface area contributed by atoms with Crippen LogP contribution >= 0.6 is 24.4 Å². The number of benzene rings is 6. The second kappa shape index (κ2) is 15.2. The Morgan fingerprint density at radius 2 is 1.42 bits per heavy atom. The molecule has 1 nitrogen and oxygen atoms in total. The first kappa shape index (κ1) is 34.6. The van der Waals surface area contributed by atoms with Crippen LogP contribution in [0.15, 0.2) is 203 Å². The van der Waals surface area contributed by atoms with Gasteiger partial charge in [0.05, 0.1) is 10.9 Å². The predicted octanol–water partition coefficient (Wildman–Crippen LogP) is 14.2. The van der Waals surface area contributed by atoms with Crippen molar-refractivity contribution in [3.63, 3.8) is 0 Å². The molecule has 1 aromatic heterocycles. The fourth-order valence-electron chi connectivity index (χ4n) is 7.80. The molecule has 0 radical (unpaired) electrons. The van der Waals surface area contributed by atoms with Gasteiger partial charge in [-0.1, -0.05) is 171 Å². The van der Waals surface area contributed by atoms with Crippen molar-refractivity contribution >= 4 is 41.4 Å². The summed E-state index contributed by atoms with van der Waals surface area (Å²) >= 11 is 7.24. The third-order valence-corrected chi connectivity index (χ3v) is 11.6. The van der Waals surface area contributed by atoms with E-state index in [0.717, 1.165) is 34.6 Å². The van der Waals surface area contributed by atoms with E-state index in [0.29, 0.717) is 0 Å². The molecule has 0 saturated carbocycles. The summed E-state index contributed by atoms with van der Waals surface area (Å²) in [6, 6.07) is 52.8. The van der Waals surface area contributed by atoms with Crippen LogP contribution in [-0.4, -0.2) is 4.57 Å². The molecule has 6 aromatic carbocycles. The molecule has 1 aliphatic rings. The number of thiol groups is 1. The Bertz CT molecular complexity index is 2520. The molecule has 7 aromatic rings. The van der Waals surface area contributed by atoms with Crippen LogP contribution in [0.5, 0.6) is 0 Å². The summed E-state index contributed by atoms with van der Waals surface area (Å²) in [6.07, 6.45) is 17.1. The highest BCUT2D eigenvalue weighted by molar-refractivity contribution is 7.99. The van der Waals surface area contributed by atoms with Crippen molar-refractivity contribution in [1.82, 2.24) is 4.57 Å². The zero-order valence-corrected chi connectivity index (χ0v) is 31.5. The van der Waals surface area contributed by atoms with Crippen molar-refractivity contribution in [2.75, 3.05) is 0 Å². The van der Waals surface area contributed by atoms with Crippen molar-refractivity contribution in [3.8, 4) is 27.9 Å². The maximum absolute atomic E-state index is 5.39. The molecule has 0 amide bonds. The molecule has 0 saturated heterocycles. The Hall–Kier alpha value is -5.48. The highest BCUT2D eigenvalue weighted by Gasteiger charge is 2.43. The Labute approximate surface area is 323 Å². The summed E-state index contributed by atoms with van der Waals surface area (Å²) in [7, 11) is 0. The molecule has 1 atom stereocenters. The van der Waals surface area contributed by atoms with Gasteiger partial charge in [-0.05, 0) is 93.9 Å². The van der Waals surface area contributed by atoms with Gasteiger partial charge < -0.3 is 4.57 Å². The van der Waals surface area contributed by atoms with Crippen LogP contribution < -0.4 is 0 Å². The molecule has 0 fully saturated rings. The number of hydrogen-bond donors (Lipinski definition) is 1. The van der Waals surface area contributed by atoms with E-state index >= 15 is 0 Å². The molecule has 0 bridgehead atoms. The molecule has 1 aliphatic heterocycles. The van der Waals surface area contributed by atoms with Gasteiger partial charge in [0.25, 0.3) is 0 Å². The number of para-hydroxylation sites is 1. The first-order chi connectivity index (χ1) is 26.1. The lowest BCUT2D eigenvalue weighted by Crippen LogP contribution is -2.32. The Kier molecular flexibility index (Phi) is 9.95. The van der Waals surface area contributed by atoms with Crippen LogP contribution in [0.2, 0.25) is 0 Å². The third-order valence-electron chi connectivity index (χ3n) is 10.1. The second-order valence-electron chi connectivity index (χ2n) is 13.3. The number of hydrogen-bond acceptors (Lipinski definition) is 2. The number of fused-ring (bicyclic) bond motifs is 3. The van der Waals surface area contributed by atoms with Crippen molar-refractivity contribution in [3.05, 3.63) is 211 Å². The van der Waals surface area contributed by atoms with Gasteiger partial charge in [-0.15, -0.1) is 12.6 Å². The average Bonchev–Trinajstić information content (AvgIpc) is 3.58. The lowest BCUT2D eigenvalue weighted by Gasteiger charge is -2.41. The van der Waals surface area contributed by atoms with Gasteiger partial charge in [0, 0.05) is 31.5 Å². The Balaban J connectivity index is 1.36. The summed E-state index contributed by atoms with van der Waals surface area (Å²) in [5.74, 6) is 0. The minimum atomic E-state index is -0.620. The molecule has 3 heteroatoms. The van der Waals surface area contributed by atoms with E-state index in [9.17, 15) is 0 Å². The number of allylic oxidation sites excluding steroid dienone is 6. The third kappa shape index (κ3) is 6.35. The van der Waals surface area contributed by atoms with E-state index in [2.05, 4.69) is 194 Å². The fourth-order valence-corrected chi connectivity index (χ4v) is 9.43. The SMILES string of the molecule is C=C/C=C\C=C/C1(c2ccc(-c3cccc4c3cc(/C=C\CCC)n4-c3ccccc3)cc2S)c2ccccc2Sc2cccc(-c3ccccc3)c21. The van der Waals surface area contributed by atoms with Gasteiger partial charge in [0.15, 0.2) is 0 Å². The van der Waals surface area contributed by atoms with Gasteiger partial charge in [0.1, 0.15) is 0 Å². The molecule has 8 rings (SSSR count). The van der Waals surface area contributed by atoms with E-state index in [-0.39, 0.29) is 0 Å². The van der Waals surface area contributed by atoms with E-state index < -0.39 is 5.41 Å². The Morgan fingerprint density at radius 3 is 2.21 bits per heavy atom. The highest BCUT2D eigenvalue weighted by Crippen LogP contribution is 2.57. The van der Waals surface area contributed by atoms with Crippen molar-refractivity contribution in [1.29, 1.82) is 0 Å². The summed E-state index contributed by atoms with van der Waals surface area (Å²) in [4.78, 5) is 3.43. The molecule has 53 heavy (non-hydrogen) atoms. The topological polar surface area (TPSA) is 4.93 Å². The van der Waals surface area contributed by atoms with Crippen LogP contribution in [-0.2, 0) is 5.41 Å². The minimum Gasteiger partial charge on any atom is -0.310 e. The lowest BCUT2D eigenvalue weighted by atomic mass is 9.66. The van der Waals surface area contributed by atoms with Crippen molar-refractivity contribution in [2.24, 2.45) is 0 Å². The quantitative estimate of drug-likeness (QED) is 0.109. The van der Waals surface area contributed by atoms with Crippen LogP contribution in [0, 0.1) is 0 Å². The molecule has 0 spiro atoms. The highest BCUT2D eigenvalue weighted by atomic mass is 32.2. The van der Waals surface area contributed by atoms with Gasteiger partial charge in [-0.25, -0.2) is 0 Å². The maximum atomic E-state index is 5.39. The number of unbranched alkanes of at least 4 members (excludes halogenated alkanes) is 1. The first-order valence-electron chi connectivity index (χ1n) is 18.3. The second-order valence-corrected chi connectivity index (χ2v) is 14.9. The largest absolute Gasteiger partial charge is 0.310 e. The summed E-state index contributed by atoms with van der Waals surface area (Å²) in [5.41, 5.74) is 11.3. The zero-order chi connectivity index (χ0) is 36.2. The number of nitrogens with zero attached hydrogens (tertiary/aromatic N) is 1. The van der Waals surface area contributed by atoms with Crippen molar-refractivity contribution < 1.29 is 0 Å². The van der Waals surface area contributed by atoms with Gasteiger partial charge in [-0.2, -0.15) is 0 Å². The van der Waals surface area contributed by atoms with Crippen LogP contribution in [0.3, 0.4) is 0 Å². The van der Waals surface area contributed by atoms with Gasteiger partial charge >= 0.3 is 0 Å². The maximum Gasteiger partial charge on any atom is 0.0674 e. The number of aromatic nitrogens is 1. The molecular weight excluding hydrogens is 679 g/mol. The Morgan fingerprint density at radius 1 is 0.679 bits per heavy atom. The summed E-state index contributed by atoms with van der Waals surface area (Å²) in [5, 5.41) is 1.22. The smallest absolute Gasteiger partial charge is 0.0674 e. The predicted molar refractivity (Wildman–Crippen MR) is 231 cm³/mol. The lowest BCUT2D eigenvalue weighted by molar-refractivity contribution is 0.718. The molecule has 0 aliphatic carbocycles. The average molecular weight is 720 g/mol. The van der Waals surface area contributed by atoms with Crippen LogP contribution in [0.1, 0.15) is 42.1 Å². The van der Waals surface area contributed by atoms with E-state index in [1.54, 1.807) is 0 Å². The normalized spacial score (nSPS) is 15.4. The zero-order valence-electron chi connectivity index (χ0n) is 29.8. The standard InChI is InChI=1S/C50H41NS2/c1-3-5-7-17-33-50(44-27-15-16-29-47(44)53-48-30-19-26-41(49(48)50)36-20-11-8-12-21-36)43-32-31-37(34-46(43)52)40-25-18-28-45-42(40)35-39(24-10-6-4-2)51(45)38-22-13-9-14-23-38/h3,5,7-35,52H,1,4,6H2,2H3/b7-5-,24-10-,33-17-. The fraction of sp³-hybridized carbons (Fsp3) is 0.0800. The molecular formula is C50H41NS2. The molecule has 0 N–H and O–H groups in total. The number of rotatable bonds is 10. The van der Waals surface area contributed by atoms with E-state index in [4.69, 9.17) is 12.6 Å². The van der Waals surface area contributed by atoms with Gasteiger partial charge in [-0.3, -0.25) is 0 Å². The van der Waals surface area contributed by atoms with Crippen molar-refractivity contribution in [2.45, 2.75) is 39.9 Å². The molecule has 258 valence electrons. The molecule has 1 unspecified atom stereocenters. The van der Waals surface area contributed by atoms with Gasteiger partial charge in [0.2, 0.25) is 0 Å². The van der Waals surface area contributed by atoms with Crippen LogP contribution in [0.25, 0.3) is 44.9 Å².